The average molecular weight is 618 g/mol. The predicted molar refractivity (Wildman–Crippen MR) is 187 cm³/mol. The molecule has 0 saturated heterocycles. The first-order valence-corrected chi connectivity index (χ1v) is 19.2. The quantitative estimate of drug-likeness (QED) is 0.0543. The number of hydrogen-bond donors (Lipinski definition) is 3. The molecule has 1 aromatic rings. The Bertz CT molecular complexity index is 729. The maximum atomic E-state index is 12.4. The Balaban J connectivity index is 1.85. The van der Waals surface area contributed by atoms with Gasteiger partial charge in [-0.1, -0.05) is 161 Å². The molecule has 0 unspecified atom stereocenters. The topological polar surface area (TPSA) is 73.4 Å². The van der Waals surface area contributed by atoms with Crippen molar-refractivity contribution in [2.45, 2.75) is 205 Å². The first-order chi connectivity index (χ1) is 21.7. The third kappa shape index (κ3) is 25.8. The fourth-order valence-electron chi connectivity index (χ4n) is 6.22. The molecule has 2 atom stereocenters. The molecule has 44 heavy (non-hydrogen) atoms. The molecule has 0 saturated carbocycles. The molecule has 1 amide bonds. The Morgan fingerprint density at radius 1 is 0.591 bits per heavy atom. The number of aryl methyl sites for hydroxylation is 1. The van der Waals surface area contributed by atoms with Crippen molar-refractivity contribution in [2.24, 2.45) is 0 Å². The van der Waals surface area contributed by atoms with Crippen LogP contribution in [0.2, 0.25) is 0 Å². The van der Waals surface area contributed by atoms with E-state index in [1.54, 1.807) is 0 Å². The normalized spacial score (nSPS) is 12.8. The Morgan fingerprint density at radius 2 is 1.00 bits per heavy atom. The van der Waals surface area contributed by atoms with Gasteiger partial charge < -0.3 is 15.5 Å². The van der Waals surface area contributed by atoms with Crippen LogP contribution < -0.4 is 9.88 Å². The lowest BCUT2D eigenvalue weighted by Crippen LogP contribution is -2.45. The first kappa shape index (κ1) is 40.6. The van der Waals surface area contributed by atoms with Crippen LogP contribution in [-0.2, 0) is 11.3 Å². The number of aliphatic hydroxyl groups is 2. The Morgan fingerprint density at radius 3 is 1.45 bits per heavy atom. The molecule has 0 aliphatic heterocycles. The van der Waals surface area contributed by atoms with Crippen molar-refractivity contribution in [2.75, 3.05) is 6.61 Å². The molecule has 1 heterocycles. The molecule has 0 fully saturated rings. The molecule has 0 aromatic carbocycles. The Hall–Kier alpha value is -1.46. The van der Waals surface area contributed by atoms with Crippen molar-refractivity contribution in [3.8, 4) is 0 Å². The first-order valence-electron chi connectivity index (χ1n) is 19.2. The lowest BCUT2D eigenvalue weighted by Gasteiger charge is -2.22. The van der Waals surface area contributed by atoms with E-state index in [4.69, 9.17) is 0 Å². The number of nitrogens with zero attached hydrogens (tertiary/aromatic N) is 1. The van der Waals surface area contributed by atoms with Gasteiger partial charge in [0.05, 0.1) is 18.8 Å². The number of nitrogens with one attached hydrogen (secondary N) is 1. The number of unbranched alkanes of at least 4 members (excludes halogenated alkanes) is 24. The highest BCUT2D eigenvalue weighted by molar-refractivity contribution is 5.76. The van der Waals surface area contributed by atoms with Crippen molar-refractivity contribution in [3.05, 3.63) is 30.6 Å². The highest BCUT2D eigenvalue weighted by atomic mass is 16.3. The van der Waals surface area contributed by atoms with Crippen LogP contribution in [0.5, 0.6) is 0 Å². The fourth-order valence-corrected chi connectivity index (χ4v) is 6.22. The summed E-state index contributed by atoms with van der Waals surface area (Å²) < 4.78 is 2.27. The third-order valence-corrected chi connectivity index (χ3v) is 9.21. The lowest BCUT2D eigenvalue weighted by atomic mass is 10.0. The van der Waals surface area contributed by atoms with E-state index < -0.39 is 12.1 Å². The van der Waals surface area contributed by atoms with Crippen molar-refractivity contribution < 1.29 is 19.6 Å². The molecule has 0 spiro atoms. The maximum absolute atomic E-state index is 12.4. The van der Waals surface area contributed by atoms with Crippen molar-refractivity contribution in [1.82, 2.24) is 5.32 Å². The largest absolute Gasteiger partial charge is 0.394 e. The lowest BCUT2D eigenvalue weighted by molar-refractivity contribution is -0.697. The fraction of sp³-hybridized carbons (Fsp3) is 0.846. The summed E-state index contributed by atoms with van der Waals surface area (Å²) in [6.07, 6.45) is 38.2. The Labute approximate surface area is 273 Å². The summed E-state index contributed by atoms with van der Waals surface area (Å²) in [6.45, 7) is 3.21. The monoisotopic (exact) mass is 618 g/mol. The number of amides is 1. The van der Waals surface area contributed by atoms with Gasteiger partial charge >= 0.3 is 0 Å². The maximum Gasteiger partial charge on any atom is 0.220 e. The molecular formula is C39H73N2O3+. The molecule has 0 aliphatic rings. The molecule has 0 radical (unpaired) electrons. The van der Waals surface area contributed by atoms with E-state index in [1.165, 1.54) is 141 Å². The van der Waals surface area contributed by atoms with Gasteiger partial charge in [0, 0.05) is 25.0 Å². The number of aliphatic hydroxyl groups excluding tert-OH is 2. The molecule has 5 nitrogen and oxygen atoms in total. The van der Waals surface area contributed by atoms with Gasteiger partial charge in [0.25, 0.3) is 0 Å². The standard InChI is InChI=1S/C39H72N2O3/c1-2-3-4-5-6-7-8-10-13-16-19-22-26-31-38(43)37(36-42)40-39(44)32-27-23-20-17-14-11-9-12-15-18-21-24-28-33-41-34-29-25-30-35-41/h25,29-30,34-35,37-38,42-43H,2-24,26-28,31-33,36H2,1H3/p+1/t37-,38-/m0/s1. The van der Waals surface area contributed by atoms with Gasteiger partial charge in [-0.2, -0.15) is 0 Å². The molecular weight excluding hydrogens is 544 g/mol. The van der Waals surface area contributed by atoms with Gasteiger partial charge in [-0.15, -0.1) is 0 Å². The van der Waals surface area contributed by atoms with E-state index >= 15 is 0 Å². The van der Waals surface area contributed by atoms with Crippen LogP contribution in [0, 0.1) is 0 Å². The SMILES string of the molecule is CCCCCCCCCCCCCCC[C@H](O)[C@H](CO)NC(=O)CCCCCCCCCCCCCCC[n+]1ccccc1. The highest BCUT2D eigenvalue weighted by Gasteiger charge is 2.20. The van der Waals surface area contributed by atoms with Gasteiger partial charge in [0.1, 0.15) is 6.54 Å². The summed E-state index contributed by atoms with van der Waals surface area (Å²) in [7, 11) is 0. The minimum Gasteiger partial charge on any atom is -0.394 e. The summed E-state index contributed by atoms with van der Waals surface area (Å²) in [5, 5.41) is 23.1. The van der Waals surface area contributed by atoms with E-state index in [0.717, 1.165) is 32.2 Å². The molecule has 1 rings (SSSR count). The zero-order valence-electron chi connectivity index (χ0n) is 29.0. The number of pyridine rings is 1. The van der Waals surface area contributed by atoms with Gasteiger partial charge in [0.2, 0.25) is 5.91 Å². The van der Waals surface area contributed by atoms with E-state index in [0.29, 0.717) is 12.8 Å². The van der Waals surface area contributed by atoms with Crippen LogP contribution in [0.15, 0.2) is 30.6 Å². The second-order valence-corrected chi connectivity index (χ2v) is 13.4. The molecule has 5 heteroatoms. The number of aromatic nitrogens is 1. The molecule has 0 aliphatic carbocycles. The second-order valence-electron chi connectivity index (χ2n) is 13.4. The van der Waals surface area contributed by atoms with E-state index in [1.807, 2.05) is 0 Å². The summed E-state index contributed by atoms with van der Waals surface area (Å²) >= 11 is 0. The van der Waals surface area contributed by atoms with Crippen LogP contribution >= 0.6 is 0 Å². The minimum atomic E-state index is -0.657. The Kier molecular flexibility index (Phi) is 29.1. The van der Waals surface area contributed by atoms with Crippen molar-refractivity contribution >= 4 is 5.91 Å². The minimum absolute atomic E-state index is 0.0349. The zero-order chi connectivity index (χ0) is 31.8. The van der Waals surface area contributed by atoms with Gasteiger partial charge in [0.15, 0.2) is 12.4 Å². The molecule has 3 N–H and O–H groups in total. The zero-order valence-corrected chi connectivity index (χ0v) is 29.0. The van der Waals surface area contributed by atoms with Crippen LogP contribution in [-0.4, -0.2) is 34.9 Å². The molecule has 1 aromatic heterocycles. The van der Waals surface area contributed by atoms with Crippen LogP contribution in [0.3, 0.4) is 0 Å². The summed E-state index contributed by atoms with van der Waals surface area (Å²) in [6, 6.07) is 5.74. The van der Waals surface area contributed by atoms with Crippen molar-refractivity contribution in [3.63, 3.8) is 0 Å². The van der Waals surface area contributed by atoms with Gasteiger partial charge in [-0.25, -0.2) is 4.57 Å². The summed E-state index contributed by atoms with van der Waals surface area (Å²) in [5.74, 6) is -0.0349. The van der Waals surface area contributed by atoms with Crippen LogP contribution in [0.1, 0.15) is 187 Å². The number of rotatable bonds is 33. The second kappa shape index (κ2) is 31.5. The predicted octanol–water partition coefficient (Wildman–Crippen LogP) is 9.75. The van der Waals surface area contributed by atoms with Crippen LogP contribution in [0.4, 0.5) is 0 Å². The molecule has 0 bridgehead atoms. The highest BCUT2D eigenvalue weighted by Crippen LogP contribution is 2.15. The van der Waals surface area contributed by atoms with E-state index in [9.17, 15) is 15.0 Å². The van der Waals surface area contributed by atoms with Gasteiger partial charge in [-0.05, 0) is 19.3 Å². The van der Waals surface area contributed by atoms with E-state index in [2.05, 4.69) is 47.4 Å². The third-order valence-electron chi connectivity index (χ3n) is 9.21. The van der Waals surface area contributed by atoms with E-state index in [-0.39, 0.29) is 12.5 Å². The van der Waals surface area contributed by atoms with Crippen molar-refractivity contribution in [1.29, 1.82) is 0 Å². The number of hydrogen-bond acceptors (Lipinski definition) is 3. The summed E-state index contributed by atoms with van der Waals surface area (Å²) in [5.41, 5.74) is 0. The van der Waals surface area contributed by atoms with Crippen LogP contribution in [0.25, 0.3) is 0 Å². The smallest absolute Gasteiger partial charge is 0.220 e. The van der Waals surface area contributed by atoms with Gasteiger partial charge in [-0.3, -0.25) is 4.79 Å². The summed E-state index contributed by atoms with van der Waals surface area (Å²) in [4.78, 5) is 12.4. The molecule has 256 valence electrons. The average Bonchev–Trinajstić information content (AvgIpc) is 3.04. The number of carbonyl (C=O) groups is 1. The number of carbonyl (C=O) groups excluding carboxylic acids is 1.